The van der Waals surface area contributed by atoms with E-state index in [1.54, 1.807) is 6.07 Å². The second kappa shape index (κ2) is 5.57. The van der Waals surface area contributed by atoms with Gasteiger partial charge in [-0.25, -0.2) is 0 Å². The Labute approximate surface area is 173 Å². The number of ketones is 1. The van der Waals surface area contributed by atoms with Crippen LogP contribution >= 0.6 is 0 Å². The van der Waals surface area contributed by atoms with Crippen molar-refractivity contribution in [3.8, 4) is 11.5 Å². The van der Waals surface area contributed by atoms with E-state index in [4.69, 9.17) is 4.74 Å². The molecule has 1 aromatic carbocycles. The molecule has 2 aliphatic carbocycles. The Balaban J connectivity index is 0.000000781. The number of halogens is 1. The van der Waals surface area contributed by atoms with E-state index < -0.39 is 17.1 Å². The third-order valence-corrected chi connectivity index (χ3v) is 6.08. The van der Waals surface area contributed by atoms with E-state index in [-0.39, 0.29) is 71.1 Å². The first-order valence-corrected chi connectivity index (χ1v) is 7.58. The van der Waals surface area contributed by atoms with Crippen LogP contribution in [0.1, 0.15) is 30.4 Å². The Kier molecular flexibility index (Phi) is 4.35. The second-order valence-electron chi connectivity index (χ2n) is 6.77. The minimum absolute atomic E-state index is 0. The number of carbonyl (C=O) groups is 1. The Morgan fingerprint density at radius 3 is 2.87 bits per heavy atom. The third-order valence-electron chi connectivity index (χ3n) is 6.08. The number of piperidine rings is 1. The van der Waals surface area contributed by atoms with Crippen molar-refractivity contribution >= 4 is 5.78 Å². The second-order valence-corrected chi connectivity index (χ2v) is 6.77. The van der Waals surface area contributed by atoms with Gasteiger partial charge in [-0.2, -0.15) is 0 Å². The molecule has 0 amide bonds. The third kappa shape index (κ3) is 1.88. The molecule has 7 heteroatoms. The van der Waals surface area contributed by atoms with E-state index in [0.29, 0.717) is 31.4 Å². The average molecular weight is 437 g/mol. The molecule has 2 bridgehead atoms. The van der Waals surface area contributed by atoms with Gasteiger partial charge in [-0.1, -0.05) is 6.07 Å². The summed E-state index contributed by atoms with van der Waals surface area (Å²) >= 11 is 0. The first-order valence-electron chi connectivity index (χ1n) is 7.58. The molecule has 5 nitrogen and oxygen atoms in total. The number of phenols is 1. The summed E-state index contributed by atoms with van der Waals surface area (Å²) in [6.45, 7) is 0.759. The first-order chi connectivity index (χ1) is 10.1. The molecule has 1 spiro atoms. The summed E-state index contributed by atoms with van der Waals surface area (Å²) in [5.74, 6) is 0.542. The predicted octanol–water partition coefficient (Wildman–Crippen LogP) is -5.59. The molecule has 5 rings (SSSR count). The SMILES string of the molecule is O=C1CC[C@@]2(O)[C@H]3Cc4ccc(O)c5c4[C@@]2(CCN3)[C@H]1O5.[I-].[Na+]. The zero-order chi connectivity index (χ0) is 14.4. The van der Waals surface area contributed by atoms with E-state index in [0.717, 1.165) is 17.7 Å². The van der Waals surface area contributed by atoms with E-state index in [1.807, 2.05) is 6.07 Å². The van der Waals surface area contributed by atoms with E-state index in [1.165, 1.54) is 0 Å². The summed E-state index contributed by atoms with van der Waals surface area (Å²) in [7, 11) is 0. The molecule has 118 valence electrons. The van der Waals surface area contributed by atoms with Crippen LogP contribution in [-0.4, -0.2) is 40.3 Å². The normalized spacial score (nSPS) is 38.7. The average Bonchev–Trinajstić information content (AvgIpc) is 2.80. The van der Waals surface area contributed by atoms with Crippen molar-refractivity contribution in [3.05, 3.63) is 23.3 Å². The van der Waals surface area contributed by atoms with Crippen LogP contribution in [0.15, 0.2) is 12.1 Å². The van der Waals surface area contributed by atoms with E-state index >= 15 is 0 Å². The van der Waals surface area contributed by atoms with Crippen LogP contribution in [-0.2, 0) is 16.6 Å². The molecule has 4 atom stereocenters. The fraction of sp³-hybridized carbons (Fsp3) is 0.562. The van der Waals surface area contributed by atoms with Gasteiger partial charge in [0.1, 0.15) is 0 Å². The number of phenolic OH excluding ortho intramolecular Hbond substituents is 1. The van der Waals surface area contributed by atoms with Crippen molar-refractivity contribution < 1.29 is 73.3 Å². The van der Waals surface area contributed by atoms with Crippen LogP contribution in [0.5, 0.6) is 11.5 Å². The van der Waals surface area contributed by atoms with E-state index in [9.17, 15) is 15.0 Å². The topological polar surface area (TPSA) is 78.8 Å². The molecule has 4 aliphatic rings. The van der Waals surface area contributed by atoms with Gasteiger partial charge in [-0.15, -0.1) is 0 Å². The quantitative estimate of drug-likeness (QED) is 0.279. The van der Waals surface area contributed by atoms with E-state index in [2.05, 4.69) is 5.32 Å². The summed E-state index contributed by atoms with van der Waals surface area (Å²) in [6, 6.07) is 3.49. The number of ether oxygens (including phenoxy) is 1. The number of rotatable bonds is 0. The maximum atomic E-state index is 12.4. The van der Waals surface area contributed by atoms with Crippen LogP contribution in [0.25, 0.3) is 0 Å². The zero-order valence-electron chi connectivity index (χ0n) is 12.9. The number of aromatic hydroxyl groups is 1. The first kappa shape index (κ1) is 17.9. The minimum Gasteiger partial charge on any atom is -1.00 e. The number of carbonyl (C=O) groups excluding carboxylic acids is 1. The smallest absolute Gasteiger partial charge is 1.00 e. The number of hydrogen-bond donors (Lipinski definition) is 3. The van der Waals surface area contributed by atoms with Crippen LogP contribution < -0.4 is 63.6 Å². The summed E-state index contributed by atoms with van der Waals surface area (Å²) in [5.41, 5.74) is 0.332. The summed E-state index contributed by atoms with van der Waals surface area (Å²) in [5, 5.41) is 25.0. The van der Waals surface area contributed by atoms with Gasteiger partial charge in [-0.3, -0.25) is 4.79 Å². The monoisotopic (exact) mass is 437 g/mol. The fourth-order valence-corrected chi connectivity index (χ4v) is 5.22. The number of aliphatic hydroxyl groups is 1. The van der Waals surface area contributed by atoms with Crippen molar-refractivity contribution in [1.82, 2.24) is 5.32 Å². The Morgan fingerprint density at radius 2 is 2.09 bits per heavy atom. The molecule has 1 saturated carbocycles. The van der Waals surface area contributed by atoms with Gasteiger partial charge in [0.25, 0.3) is 0 Å². The van der Waals surface area contributed by atoms with Gasteiger partial charge in [0, 0.05) is 18.0 Å². The molecular formula is C16H17INNaO4. The number of nitrogens with one attached hydrogen (secondary N) is 1. The molecule has 2 heterocycles. The van der Waals surface area contributed by atoms with Gasteiger partial charge in [-0.05, 0) is 37.4 Å². The van der Waals surface area contributed by atoms with Gasteiger partial charge in [0.15, 0.2) is 23.4 Å². The van der Waals surface area contributed by atoms with Crippen molar-refractivity contribution in [2.75, 3.05) is 6.54 Å². The van der Waals surface area contributed by atoms with Crippen LogP contribution in [0.4, 0.5) is 0 Å². The largest absolute Gasteiger partial charge is 1.00 e. The van der Waals surface area contributed by atoms with Crippen LogP contribution in [0.2, 0.25) is 0 Å². The molecule has 3 N–H and O–H groups in total. The summed E-state index contributed by atoms with van der Waals surface area (Å²) in [4.78, 5) is 12.4. The summed E-state index contributed by atoms with van der Waals surface area (Å²) < 4.78 is 5.90. The Bertz CT molecular complexity index is 699. The molecule has 2 fully saturated rings. The molecule has 0 radical (unpaired) electrons. The minimum atomic E-state index is -0.962. The Hall–Kier alpha value is 0.140. The van der Waals surface area contributed by atoms with Gasteiger partial charge < -0.3 is 44.2 Å². The number of Topliss-reactive ketones (excluding diaryl/α,β-unsaturated/α-hetero) is 1. The van der Waals surface area contributed by atoms with Crippen LogP contribution in [0.3, 0.4) is 0 Å². The van der Waals surface area contributed by atoms with Crippen molar-refractivity contribution in [2.45, 2.75) is 48.8 Å². The van der Waals surface area contributed by atoms with Gasteiger partial charge in [0.05, 0.1) is 11.0 Å². The maximum Gasteiger partial charge on any atom is 1.00 e. The molecule has 1 aromatic rings. The molecule has 2 aliphatic heterocycles. The molecule has 1 saturated heterocycles. The molecule has 0 aromatic heterocycles. The number of benzene rings is 1. The maximum absolute atomic E-state index is 12.4. The Morgan fingerprint density at radius 1 is 1.30 bits per heavy atom. The van der Waals surface area contributed by atoms with Crippen molar-refractivity contribution in [2.24, 2.45) is 0 Å². The van der Waals surface area contributed by atoms with Crippen LogP contribution in [0, 0.1) is 0 Å². The van der Waals surface area contributed by atoms with Crippen molar-refractivity contribution in [1.29, 1.82) is 0 Å². The molecule has 23 heavy (non-hydrogen) atoms. The van der Waals surface area contributed by atoms with Crippen molar-refractivity contribution in [3.63, 3.8) is 0 Å². The molecule has 0 unspecified atom stereocenters. The van der Waals surface area contributed by atoms with Gasteiger partial charge >= 0.3 is 29.6 Å². The standard InChI is InChI=1S/C16H17NO4.HI.Na/c18-9-2-1-8-7-11-16(20)4-3-10(19)14-15(16,5-6-17-11)12(8)13(9)21-14;;/h1-2,11,14,17-18,20H,3-7H2;1H;/q;;+1/p-1/t11-,14+,15+,16-;;/m1../s1. The predicted molar refractivity (Wildman–Crippen MR) is 73.5 cm³/mol. The fourth-order valence-electron chi connectivity index (χ4n) is 5.22. The zero-order valence-corrected chi connectivity index (χ0v) is 17.1. The number of hydrogen-bond acceptors (Lipinski definition) is 5. The summed E-state index contributed by atoms with van der Waals surface area (Å²) in [6.07, 6.45) is 1.54. The van der Waals surface area contributed by atoms with Gasteiger partial charge in [0.2, 0.25) is 0 Å². The molecular weight excluding hydrogens is 420 g/mol.